The van der Waals surface area contributed by atoms with E-state index in [9.17, 15) is 4.79 Å². The minimum atomic E-state index is 0.0141. The van der Waals surface area contributed by atoms with Crippen LogP contribution >= 0.6 is 0 Å². The topological polar surface area (TPSA) is 41.1 Å². The molecule has 1 heterocycles. The molecule has 3 nitrogen and oxygen atoms in total. The quantitative estimate of drug-likeness (QED) is 0.852. The second kappa shape index (κ2) is 6.71. The van der Waals surface area contributed by atoms with Crippen molar-refractivity contribution in [2.45, 2.75) is 45.7 Å². The smallest absolute Gasteiger partial charge is 0.237 e. The van der Waals surface area contributed by atoms with E-state index >= 15 is 0 Å². The number of benzene rings is 1. The highest BCUT2D eigenvalue weighted by Gasteiger charge is 2.21. The summed E-state index contributed by atoms with van der Waals surface area (Å²) in [6.45, 7) is 6.03. The first-order valence-electron chi connectivity index (χ1n) is 7.24. The average molecular weight is 260 g/mol. The van der Waals surface area contributed by atoms with Crippen molar-refractivity contribution < 1.29 is 4.79 Å². The molecular formula is C16H24N2O. The van der Waals surface area contributed by atoms with Gasteiger partial charge < -0.3 is 10.6 Å². The lowest BCUT2D eigenvalue weighted by molar-refractivity contribution is -0.122. The summed E-state index contributed by atoms with van der Waals surface area (Å²) in [4.78, 5) is 11.9. The predicted molar refractivity (Wildman–Crippen MR) is 77.9 cm³/mol. The Labute approximate surface area is 115 Å². The van der Waals surface area contributed by atoms with Gasteiger partial charge in [0.05, 0.1) is 6.04 Å². The van der Waals surface area contributed by atoms with Crippen LogP contribution in [0.3, 0.4) is 0 Å². The van der Waals surface area contributed by atoms with E-state index in [0.29, 0.717) is 12.5 Å². The summed E-state index contributed by atoms with van der Waals surface area (Å²) in [5.74, 6) is 0.808. The van der Waals surface area contributed by atoms with Crippen molar-refractivity contribution in [3.63, 3.8) is 0 Å². The van der Waals surface area contributed by atoms with Crippen LogP contribution in [0, 0.1) is 5.92 Å². The number of rotatable bonds is 5. The van der Waals surface area contributed by atoms with Crippen molar-refractivity contribution in [3.05, 3.63) is 35.4 Å². The van der Waals surface area contributed by atoms with Gasteiger partial charge in [0.1, 0.15) is 0 Å². The largest absolute Gasteiger partial charge is 0.351 e. The maximum atomic E-state index is 11.9. The van der Waals surface area contributed by atoms with E-state index in [2.05, 4.69) is 48.7 Å². The third-order valence-electron chi connectivity index (χ3n) is 3.51. The van der Waals surface area contributed by atoms with Crippen LogP contribution in [0.15, 0.2) is 24.3 Å². The highest BCUT2D eigenvalue weighted by molar-refractivity contribution is 5.81. The van der Waals surface area contributed by atoms with Crippen molar-refractivity contribution in [2.75, 3.05) is 6.54 Å². The molecule has 1 saturated heterocycles. The number of nitrogens with one attached hydrogen (secondary N) is 2. The predicted octanol–water partition coefficient (Wildman–Crippen LogP) is 2.25. The normalized spacial score (nSPS) is 18.8. The summed E-state index contributed by atoms with van der Waals surface area (Å²) in [5, 5.41) is 6.21. The van der Waals surface area contributed by atoms with Gasteiger partial charge in [-0.05, 0) is 42.9 Å². The fraction of sp³-hybridized carbons (Fsp3) is 0.562. The zero-order valence-corrected chi connectivity index (χ0v) is 11.9. The van der Waals surface area contributed by atoms with Gasteiger partial charge in [-0.3, -0.25) is 4.79 Å². The second-order valence-electron chi connectivity index (χ2n) is 5.78. The lowest BCUT2D eigenvalue weighted by Gasteiger charge is -2.11. The Morgan fingerprint density at radius 2 is 2.00 bits per heavy atom. The molecule has 0 bridgehead atoms. The summed E-state index contributed by atoms with van der Waals surface area (Å²) < 4.78 is 0. The second-order valence-corrected chi connectivity index (χ2v) is 5.78. The summed E-state index contributed by atoms with van der Waals surface area (Å²) in [6.07, 6.45) is 3.17. The van der Waals surface area contributed by atoms with Gasteiger partial charge in [0.15, 0.2) is 0 Å². The molecule has 0 radical (unpaired) electrons. The van der Waals surface area contributed by atoms with Crippen LogP contribution in [0.5, 0.6) is 0 Å². The molecule has 19 heavy (non-hydrogen) atoms. The number of hydrogen-bond donors (Lipinski definition) is 2. The summed E-state index contributed by atoms with van der Waals surface area (Å²) in [6, 6.07) is 8.56. The van der Waals surface area contributed by atoms with E-state index < -0.39 is 0 Å². The van der Waals surface area contributed by atoms with E-state index in [1.807, 2.05) is 0 Å². The molecule has 1 aromatic rings. The van der Waals surface area contributed by atoms with E-state index in [1.165, 1.54) is 11.1 Å². The van der Waals surface area contributed by atoms with Crippen LogP contribution in [0.25, 0.3) is 0 Å². The molecule has 0 aliphatic carbocycles. The Morgan fingerprint density at radius 3 is 2.58 bits per heavy atom. The molecule has 1 amide bonds. The highest BCUT2D eigenvalue weighted by atomic mass is 16.2. The van der Waals surface area contributed by atoms with E-state index in [0.717, 1.165) is 25.8 Å². The van der Waals surface area contributed by atoms with Crippen LogP contribution in [-0.4, -0.2) is 18.5 Å². The Morgan fingerprint density at radius 1 is 1.32 bits per heavy atom. The minimum Gasteiger partial charge on any atom is -0.351 e. The molecule has 1 unspecified atom stereocenters. The monoisotopic (exact) mass is 260 g/mol. The number of amides is 1. The SMILES string of the molecule is CC(C)Cc1ccc(CNC(=O)C2CCCN2)cc1. The molecule has 0 spiro atoms. The van der Waals surface area contributed by atoms with Gasteiger partial charge in [0.25, 0.3) is 0 Å². The summed E-state index contributed by atoms with van der Waals surface area (Å²) in [7, 11) is 0. The van der Waals surface area contributed by atoms with Crippen LogP contribution in [0.2, 0.25) is 0 Å². The molecule has 3 heteroatoms. The maximum absolute atomic E-state index is 11.9. The van der Waals surface area contributed by atoms with Crippen LogP contribution in [0.1, 0.15) is 37.8 Å². The van der Waals surface area contributed by atoms with Crippen molar-refractivity contribution in [1.82, 2.24) is 10.6 Å². The average Bonchev–Trinajstić information content (AvgIpc) is 2.91. The first kappa shape index (κ1) is 14.1. The molecule has 104 valence electrons. The maximum Gasteiger partial charge on any atom is 0.237 e. The Kier molecular flexibility index (Phi) is 4.97. The fourth-order valence-electron chi connectivity index (χ4n) is 2.49. The molecule has 1 aliphatic rings. The van der Waals surface area contributed by atoms with Gasteiger partial charge >= 0.3 is 0 Å². The van der Waals surface area contributed by atoms with Crippen molar-refractivity contribution in [2.24, 2.45) is 5.92 Å². The van der Waals surface area contributed by atoms with Gasteiger partial charge in [0, 0.05) is 6.54 Å². The Bertz CT molecular complexity index is 405. The lowest BCUT2D eigenvalue weighted by Crippen LogP contribution is -2.39. The first-order chi connectivity index (χ1) is 9.15. The van der Waals surface area contributed by atoms with E-state index in [-0.39, 0.29) is 11.9 Å². The van der Waals surface area contributed by atoms with Crippen LogP contribution in [-0.2, 0) is 17.8 Å². The van der Waals surface area contributed by atoms with Crippen molar-refractivity contribution in [3.8, 4) is 0 Å². The minimum absolute atomic E-state index is 0.0141. The van der Waals surface area contributed by atoms with Gasteiger partial charge in [0.2, 0.25) is 5.91 Å². The third kappa shape index (κ3) is 4.35. The van der Waals surface area contributed by atoms with Crippen LogP contribution < -0.4 is 10.6 Å². The summed E-state index contributed by atoms with van der Waals surface area (Å²) in [5.41, 5.74) is 2.53. The van der Waals surface area contributed by atoms with E-state index in [4.69, 9.17) is 0 Å². The van der Waals surface area contributed by atoms with Gasteiger partial charge in [-0.2, -0.15) is 0 Å². The molecular weight excluding hydrogens is 236 g/mol. The van der Waals surface area contributed by atoms with Gasteiger partial charge in [-0.25, -0.2) is 0 Å². The summed E-state index contributed by atoms with van der Waals surface area (Å²) >= 11 is 0. The number of carbonyl (C=O) groups excluding carboxylic acids is 1. The number of carbonyl (C=O) groups is 1. The standard InChI is InChI=1S/C16H24N2O/c1-12(2)10-13-5-7-14(8-6-13)11-18-16(19)15-4-3-9-17-15/h5-8,12,15,17H,3-4,9-11H2,1-2H3,(H,18,19). The Hall–Kier alpha value is -1.35. The third-order valence-corrected chi connectivity index (χ3v) is 3.51. The molecule has 1 aliphatic heterocycles. The zero-order chi connectivity index (χ0) is 13.7. The molecule has 2 N–H and O–H groups in total. The molecule has 1 fully saturated rings. The number of hydrogen-bond acceptors (Lipinski definition) is 2. The lowest BCUT2D eigenvalue weighted by atomic mass is 10.0. The van der Waals surface area contributed by atoms with Crippen molar-refractivity contribution >= 4 is 5.91 Å². The first-order valence-corrected chi connectivity index (χ1v) is 7.24. The van der Waals surface area contributed by atoms with Crippen molar-refractivity contribution in [1.29, 1.82) is 0 Å². The molecule has 1 aromatic carbocycles. The van der Waals surface area contributed by atoms with E-state index in [1.54, 1.807) is 0 Å². The highest BCUT2D eigenvalue weighted by Crippen LogP contribution is 2.10. The zero-order valence-electron chi connectivity index (χ0n) is 11.9. The molecule has 1 atom stereocenters. The van der Waals surface area contributed by atoms with Gasteiger partial charge in [-0.15, -0.1) is 0 Å². The van der Waals surface area contributed by atoms with Gasteiger partial charge in [-0.1, -0.05) is 38.1 Å². The molecule has 2 rings (SSSR count). The molecule has 0 aromatic heterocycles. The Balaban J connectivity index is 1.80. The fourth-order valence-corrected chi connectivity index (χ4v) is 2.49. The molecule has 0 saturated carbocycles. The van der Waals surface area contributed by atoms with Crippen LogP contribution in [0.4, 0.5) is 0 Å².